The Kier molecular flexibility index (Phi) is 2.88. The van der Waals surface area contributed by atoms with E-state index in [2.05, 4.69) is 0 Å². The zero-order valence-corrected chi connectivity index (χ0v) is 9.11. The normalized spacial score (nSPS) is 10.1. The minimum Gasteiger partial charge on any atom is -0.508 e. The Morgan fingerprint density at radius 1 is 1.06 bits per heavy atom. The molecule has 0 amide bonds. The molecule has 0 heterocycles. The van der Waals surface area contributed by atoms with Crippen LogP contribution < -0.4 is 10.5 Å². The highest BCUT2D eigenvalue weighted by Gasteiger charge is 2.02. The highest BCUT2D eigenvalue weighted by molar-refractivity contribution is 6.30. The number of anilines is 1. The summed E-state index contributed by atoms with van der Waals surface area (Å²) in [5, 5.41) is 9.83. The standard InChI is InChI=1S/C12H10ClNO2/c13-8-1-4-10(5-2-8)16-12-6-3-9(15)7-11(12)14/h1-7,15H,14H2. The van der Waals surface area contributed by atoms with Crippen LogP contribution in [0.2, 0.25) is 5.02 Å². The molecule has 3 nitrogen and oxygen atoms in total. The molecule has 0 aliphatic rings. The van der Waals surface area contributed by atoms with E-state index < -0.39 is 0 Å². The SMILES string of the molecule is Nc1cc(O)ccc1Oc1ccc(Cl)cc1. The molecule has 0 radical (unpaired) electrons. The highest BCUT2D eigenvalue weighted by atomic mass is 35.5. The van der Waals surface area contributed by atoms with Crippen LogP contribution in [-0.2, 0) is 0 Å². The van der Waals surface area contributed by atoms with Crippen molar-refractivity contribution in [3.05, 3.63) is 47.5 Å². The van der Waals surface area contributed by atoms with Gasteiger partial charge in [0.2, 0.25) is 0 Å². The zero-order valence-electron chi connectivity index (χ0n) is 8.35. The minimum atomic E-state index is 0.112. The molecule has 4 heteroatoms. The van der Waals surface area contributed by atoms with Crippen molar-refractivity contribution in [2.45, 2.75) is 0 Å². The van der Waals surface area contributed by atoms with Crippen LogP contribution in [0.5, 0.6) is 17.2 Å². The van der Waals surface area contributed by atoms with Crippen molar-refractivity contribution < 1.29 is 9.84 Å². The lowest BCUT2D eigenvalue weighted by molar-refractivity contribution is 0.466. The van der Waals surface area contributed by atoms with E-state index in [4.69, 9.17) is 22.1 Å². The van der Waals surface area contributed by atoms with Gasteiger partial charge in [-0.25, -0.2) is 0 Å². The largest absolute Gasteiger partial charge is 0.508 e. The molecule has 0 fully saturated rings. The molecule has 0 aromatic heterocycles. The summed E-state index contributed by atoms with van der Waals surface area (Å²) < 4.78 is 5.52. The van der Waals surface area contributed by atoms with Crippen molar-refractivity contribution in [3.63, 3.8) is 0 Å². The fourth-order valence-electron chi connectivity index (χ4n) is 1.26. The van der Waals surface area contributed by atoms with Crippen LogP contribution in [0.25, 0.3) is 0 Å². The van der Waals surface area contributed by atoms with Gasteiger partial charge in [0.05, 0.1) is 5.69 Å². The van der Waals surface area contributed by atoms with E-state index in [0.29, 0.717) is 22.2 Å². The molecule has 0 unspecified atom stereocenters. The maximum Gasteiger partial charge on any atom is 0.150 e. The van der Waals surface area contributed by atoms with Crippen LogP contribution in [0.1, 0.15) is 0 Å². The summed E-state index contributed by atoms with van der Waals surface area (Å²) in [7, 11) is 0. The third kappa shape index (κ3) is 2.38. The van der Waals surface area contributed by atoms with Gasteiger partial charge in [0.25, 0.3) is 0 Å². The maximum absolute atomic E-state index is 9.19. The first-order valence-corrected chi connectivity index (χ1v) is 5.05. The molecule has 2 rings (SSSR count). The number of nitrogen functional groups attached to an aromatic ring is 1. The number of aromatic hydroxyl groups is 1. The summed E-state index contributed by atoms with van der Waals surface area (Å²) in [6, 6.07) is 11.5. The summed E-state index contributed by atoms with van der Waals surface area (Å²) >= 11 is 5.75. The minimum absolute atomic E-state index is 0.112. The van der Waals surface area contributed by atoms with Gasteiger partial charge in [-0.05, 0) is 36.4 Å². The first-order valence-electron chi connectivity index (χ1n) is 4.67. The van der Waals surface area contributed by atoms with Gasteiger partial charge in [-0.3, -0.25) is 0 Å². The molecule has 0 aliphatic carbocycles. The topological polar surface area (TPSA) is 55.5 Å². The number of ether oxygens (including phenoxy) is 1. The lowest BCUT2D eigenvalue weighted by atomic mass is 10.3. The van der Waals surface area contributed by atoms with Gasteiger partial charge in [0.1, 0.15) is 11.5 Å². The fourth-order valence-corrected chi connectivity index (χ4v) is 1.38. The molecule has 3 N–H and O–H groups in total. The van der Waals surface area contributed by atoms with E-state index in [0.717, 1.165) is 0 Å². The molecular formula is C12H10ClNO2. The maximum atomic E-state index is 9.19. The molecule has 0 saturated carbocycles. The molecule has 2 aromatic carbocycles. The van der Waals surface area contributed by atoms with Gasteiger partial charge >= 0.3 is 0 Å². The molecule has 0 atom stereocenters. The number of halogens is 1. The van der Waals surface area contributed by atoms with Crippen molar-refractivity contribution in [2.24, 2.45) is 0 Å². The van der Waals surface area contributed by atoms with E-state index in [9.17, 15) is 5.11 Å². The fraction of sp³-hybridized carbons (Fsp3) is 0. The van der Waals surface area contributed by atoms with E-state index in [-0.39, 0.29) is 5.75 Å². The molecule has 16 heavy (non-hydrogen) atoms. The van der Waals surface area contributed by atoms with Crippen LogP contribution in [0.4, 0.5) is 5.69 Å². The quantitative estimate of drug-likeness (QED) is 0.785. The zero-order chi connectivity index (χ0) is 11.5. The second kappa shape index (κ2) is 4.33. The van der Waals surface area contributed by atoms with Crippen molar-refractivity contribution in [2.75, 3.05) is 5.73 Å². The second-order valence-electron chi connectivity index (χ2n) is 3.28. The van der Waals surface area contributed by atoms with Crippen LogP contribution in [0.3, 0.4) is 0 Å². The van der Waals surface area contributed by atoms with Gasteiger partial charge < -0.3 is 15.6 Å². The Labute approximate surface area is 98.0 Å². The summed E-state index contributed by atoms with van der Waals surface area (Å²) in [5.74, 6) is 1.25. The molecule has 0 saturated heterocycles. The van der Waals surface area contributed by atoms with Crippen LogP contribution in [-0.4, -0.2) is 5.11 Å². The highest BCUT2D eigenvalue weighted by Crippen LogP contribution is 2.30. The molecule has 0 spiro atoms. The Hall–Kier alpha value is -1.87. The number of hydrogen-bond donors (Lipinski definition) is 2. The Morgan fingerprint density at radius 2 is 1.75 bits per heavy atom. The number of nitrogens with two attached hydrogens (primary N) is 1. The molecule has 82 valence electrons. The number of rotatable bonds is 2. The van der Waals surface area contributed by atoms with Crippen LogP contribution in [0.15, 0.2) is 42.5 Å². The second-order valence-corrected chi connectivity index (χ2v) is 3.71. The van der Waals surface area contributed by atoms with Crippen LogP contribution in [0, 0.1) is 0 Å². The number of phenols is 1. The summed E-state index contributed by atoms with van der Waals surface area (Å²) in [6.07, 6.45) is 0. The van der Waals surface area contributed by atoms with Gasteiger partial charge in [0.15, 0.2) is 5.75 Å². The third-order valence-corrected chi connectivity index (χ3v) is 2.29. The Morgan fingerprint density at radius 3 is 2.38 bits per heavy atom. The Bertz CT molecular complexity index is 497. The van der Waals surface area contributed by atoms with E-state index in [1.54, 1.807) is 30.3 Å². The van der Waals surface area contributed by atoms with Gasteiger partial charge in [-0.15, -0.1) is 0 Å². The van der Waals surface area contributed by atoms with E-state index in [1.165, 1.54) is 12.1 Å². The summed E-state index contributed by atoms with van der Waals surface area (Å²) in [6.45, 7) is 0. The van der Waals surface area contributed by atoms with Gasteiger partial charge in [0, 0.05) is 11.1 Å². The predicted molar refractivity (Wildman–Crippen MR) is 64.0 cm³/mol. The van der Waals surface area contributed by atoms with Crippen molar-refractivity contribution in [1.82, 2.24) is 0 Å². The first-order chi connectivity index (χ1) is 7.65. The van der Waals surface area contributed by atoms with Gasteiger partial charge in [-0.1, -0.05) is 11.6 Å². The lowest BCUT2D eigenvalue weighted by Gasteiger charge is -2.08. The Balaban J connectivity index is 2.23. The van der Waals surface area contributed by atoms with E-state index >= 15 is 0 Å². The number of phenolic OH excluding ortho intramolecular Hbond substituents is 1. The summed E-state index contributed by atoms with van der Waals surface area (Å²) in [4.78, 5) is 0. The van der Waals surface area contributed by atoms with Crippen molar-refractivity contribution in [3.8, 4) is 17.2 Å². The molecule has 0 aliphatic heterocycles. The average molecular weight is 236 g/mol. The van der Waals surface area contributed by atoms with Crippen molar-refractivity contribution >= 4 is 17.3 Å². The predicted octanol–water partition coefficient (Wildman–Crippen LogP) is 3.42. The summed E-state index contributed by atoms with van der Waals surface area (Å²) in [5.41, 5.74) is 6.07. The van der Waals surface area contributed by atoms with Crippen LogP contribution >= 0.6 is 11.6 Å². The average Bonchev–Trinajstić information content (AvgIpc) is 2.25. The van der Waals surface area contributed by atoms with Crippen molar-refractivity contribution in [1.29, 1.82) is 0 Å². The first kappa shape index (κ1) is 10.6. The third-order valence-electron chi connectivity index (χ3n) is 2.03. The molecular weight excluding hydrogens is 226 g/mol. The molecule has 0 bridgehead atoms. The molecule has 2 aromatic rings. The monoisotopic (exact) mass is 235 g/mol. The number of hydrogen-bond acceptors (Lipinski definition) is 3. The smallest absolute Gasteiger partial charge is 0.150 e. The lowest BCUT2D eigenvalue weighted by Crippen LogP contribution is -1.91. The van der Waals surface area contributed by atoms with Gasteiger partial charge in [-0.2, -0.15) is 0 Å². The van der Waals surface area contributed by atoms with E-state index in [1.807, 2.05) is 0 Å². The number of benzene rings is 2.